The van der Waals surface area contributed by atoms with Crippen LogP contribution in [0.5, 0.6) is 0 Å². The first-order valence-corrected chi connectivity index (χ1v) is 4.30. The molecule has 1 aliphatic heterocycles. The Labute approximate surface area is 80.2 Å². The lowest BCUT2D eigenvalue weighted by molar-refractivity contribution is -0.248. The predicted octanol–water partition coefficient (Wildman–Crippen LogP) is 0.691. The summed E-state index contributed by atoms with van der Waals surface area (Å²) in [6.45, 7) is 1.56. The maximum absolute atomic E-state index is 4.44. The van der Waals surface area contributed by atoms with Gasteiger partial charge in [0.25, 0.3) is 0 Å². The van der Waals surface area contributed by atoms with Crippen molar-refractivity contribution in [1.82, 2.24) is 19.9 Å². The highest BCUT2D eigenvalue weighted by Crippen LogP contribution is 1.99. The number of nitrogens with zero attached hydrogens (tertiary/aromatic N) is 3. The zero-order valence-corrected chi connectivity index (χ0v) is 7.51. The molecule has 6 nitrogen and oxygen atoms in total. The van der Waals surface area contributed by atoms with Crippen molar-refractivity contribution in [2.45, 2.75) is 6.42 Å². The summed E-state index contributed by atoms with van der Waals surface area (Å²) >= 11 is 0. The molecule has 0 unspecified atom stereocenters. The molecule has 3 rings (SSSR count). The minimum absolute atomic E-state index is 0.713. The maximum Gasteiger partial charge on any atom is 0.180 e. The second kappa shape index (κ2) is 4.64. The molecule has 1 saturated heterocycles. The van der Waals surface area contributed by atoms with E-state index >= 15 is 0 Å². The van der Waals surface area contributed by atoms with E-state index in [0.717, 1.165) is 25.2 Å². The first-order chi connectivity index (χ1) is 6.97. The average molecular weight is 194 g/mol. The van der Waals surface area contributed by atoms with E-state index in [1.165, 1.54) is 6.33 Å². The number of aromatic amines is 1. The number of hydrogen-bond acceptors (Lipinski definition) is 5. The van der Waals surface area contributed by atoms with Gasteiger partial charge in [-0.3, -0.25) is 0 Å². The van der Waals surface area contributed by atoms with Gasteiger partial charge in [0, 0.05) is 6.42 Å². The third kappa shape index (κ3) is 2.24. The van der Waals surface area contributed by atoms with Crippen LogP contribution in [-0.2, 0) is 9.78 Å². The van der Waals surface area contributed by atoms with Gasteiger partial charge in [0.2, 0.25) is 0 Å². The zero-order chi connectivity index (χ0) is 9.64. The van der Waals surface area contributed by atoms with Crippen LogP contribution in [0.1, 0.15) is 6.42 Å². The molecule has 74 valence electrons. The molecular formula is C8H10N4O2. The number of rotatable bonds is 0. The molecule has 0 spiro atoms. The van der Waals surface area contributed by atoms with E-state index in [2.05, 4.69) is 29.7 Å². The highest BCUT2D eigenvalue weighted by Gasteiger charge is 1.95. The van der Waals surface area contributed by atoms with Gasteiger partial charge >= 0.3 is 0 Å². The van der Waals surface area contributed by atoms with Crippen molar-refractivity contribution in [3.05, 3.63) is 18.9 Å². The summed E-state index contributed by atoms with van der Waals surface area (Å²) in [5.74, 6) is 0. The van der Waals surface area contributed by atoms with E-state index in [-0.39, 0.29) is 0 Å². The fraction of sp³-hybridized carbons (Fsp3) is 0.375. The van der Waals surface area contributed by atoms with Gasteiger partial charge < -0.3 is 4.98 Å². The Morgan fingerprint density at radius 2 is 2.07 bits per heavy atom. The van der Waals surface area contributed by atoms with Crippen molar-refractivity contribution >= 4 is 11.2 Å². The Morgan fingerprint density at radius 1 is 1.21 bits per heavy atom. The Kier molecular flexibility index (Phi) is 2.99. The quantitative estimate of drug-likeness (QED) is 0.624. The topological polar surface area (TPSA) is 72.9 Å². The molecule has 0 aliphatic carbocycles. The second-order valence-corrected chi connectivity index (χ2v) is 2.66. The SMILES string of the molecule is C1COOC1.c1ncc2[nH]cnc2n1. The number of nitrogens with one attached hydrogen (secondary N) is 1. The van der Waals surface area contributed by atoms with Crippen molar-refractivity contribution in [2.24, 2.45) is 0 Å². The molecule has 1 N–H and O–H groups in total. The molecular weight excluding hydrogens is 184 g/mol. The lowest BCUT2D eigenvalue weighted by Crippen LogP contribution is -1.76. The van der Waals surface area contributed by atoms with E-state index in [9.17, 15) is 0 Å². The van der Waals surface area contributed by atoms with E-state index in [1.807, 2.05) is 0 Å². The summed E-state index contributed by atoms with van der Waals surface area (Å²) in [6.07, 6.45) is 5.82. The van der Waals surface area contributed by atoms with Gasteiger partial charge in [-0.1, -0.05) is 0 Å². The molecule has 6 heteroatoms. The average Bonchev–Trinajstić information content (AvgIpc) is 2.92. The van der Waals surface area contributed by atoms with E-state index < -0.39 is 0 Å². The largest absolute Gasteiger partial charge is 0.342 e. The minimum atomic E-state index is 0.713. The monoisotopic (exact) mass is 194 g/mol. The Balaban J connectivity index is 0.000000128. The summed E-state index contributed by atoms with van der Waals surface area (Å²) in [7, 11) is 0. The van der Waals surface area contributed by atoms with Crippen LogP contribution in [0.4, 0.5) is 0 Å². The van der Waals surface area contributed by atoms with Gasteiger partial charge in [0.1, 0.15) is 11.8 Å². The van der Waals surface area contributed by atoms with Gasteiger partial charge in [-0.2, -0.15) is 0 Å². The molecule has 0 atom stereocenters. The lowest BCUT2D eigenvalue weighted by Gasteiger charge is -1.80. The van der Waals surface area contributed by atoms with Crippen LogP contribution in [-0.4, -0.2) is 33.1 Å². The van der Waals surface area contributed by atoms with Crippen molar-refractivity contribution in [2.75, 3.05) is 13.2 Å². The first-order valence-electron chi connectivity index (χ1n) is 4.30. The number of hydrogen-bond donors (Lipinski definition) is 1. The minimum Gasteiger partial charge on any atom is -0.342 e. The van der Waals surface area contributed by atoms with Crippen LogP contribution in [0.3, 0.4) is 0 Å². The van der Waals surface area contributed by atoms with Crippen LogP contribution in [0.25, 0.3) is 11.2 Å². The van der Waals surface area contributed by atoms with Crippen LogP contribution in [0, 0.1) is 0 Å². The molecule has 0 radical (unpaired) electrons. The van der Waals surface area contributed by atoms with Crippen LogP contribution < -0.4 is 0 Å². The van der Waals surface area contributed by atoms with Gasteiger partial charge in [-0.15, -0.1) is 0 Å². The van der Waals surface area contributed by atoms with Crippen LogP contribution in [0.15, 0.2) is 18.9 Å². The van der Waals surface area contributed by atoms with E-state index in [0.29, 0.717) is 5.65 Å². The highest BCUT2D eigenvalue weighted by molar-refractivity contribution is 5.67. The summed E-state index contributed by atoms with van der Waals surface area (Å²) < 4.78 is 0. The number of aromatic nitrogens is 4. The number of fused-ring (bicyclic) bond motifs is 1. The van der Waals surface area contributed by atoms with E-state index in [4.69, 9.17) is 0 Å². The predicted molar refractivity (Wildman–Crippen MR) is 48.2 cm³/mol. The molecule has 2 aromatic rings. The molecule has 0 saturated carbocycles. The van der Waals surface area contributed by atoms with Crippen molar-refractivity contribution in [3.63, 3.8) is 0 Å². The highest BCUT2D eigenvalue weighted by atomic mass is 17.2. The van der Waals surface area contributed by atoms with Gasteiger partial charge in [-0.05, 0) is 0 Å². The summed E-state index contributed by atoms with van der Waals surface area (Å²) in [5.41, 5.74) is 1.59. The van der Waals surface area contributed by atoms with Gasteiger partial charge in [-0.25, -0.2) is 24.7 Å². The standard InChI is InChI=1S/C5H4N4.C3H6O2/c1-4-5(8-2-6-1)9-3-7-4;1-2-4-5-3-1/h1-3H,(H,6,7,8,9);1-3H2. The molecule has 14 heavy (non-hydrogen) atoms. The molecule has 0 amide bonds. The molecule has 1 fully saturated rings. The Bertz CT molecular complexity index is 348. The third-order valence-electron chi connectivity index (χ3n) is 1.64. The smallest absolute Gasteiger partial charge is 0.180 e. The number of imidazole rings is 1. The molecule has 0 bridgehead atoms. The Morgan fingerprint density at radius 3 is 2.71 bits per heavy atom. The summed E-state index contributed by atoms with van der Waals surface area (Å²) in [6, 6.07) is 0. The lowest BCUT2D eigenvalue weighted by atomic mass is 10.5. The first kappa shape index (κ1) is 9.04. The molecule has 1 aliphatic rings. The zero-order valence-electron chi connectivity index (χ0n) is 7.51. The molecule has 0 aromatic carbocycles. The molecule has 3 heterocycles. The van der Waals surface area contributed by atoms with Gasteiger partial charge in [0.05, 0.1) is 25.7 Å². The van der Waals surface area contributed by atoms with Crippen molar-refractivity contribution < 1.29 is 9.78 Å². The van der Waals surface area contributed by atoms with Crippen LogP contribution >= 0.6 is 0 Å². The van der Waals surface area contributed by atoms with E-state index in [1.54, 1.807) is 12.5 Å². The van der Waals surface area contributed by atoms with Crippen molar-refractivity contribution in [3.8, 4) is 0 Å². The van der Waals surface area contributed by atoms with Crippen molar-refractivity contribution in [1.29, 1.82) is 0 Å². The number of H-pyrrole nitrogens is 1. The summed E-state index contributed by atoms with van der Waals surface area (Å²) in [5, 5.41) is 0. The summed E-state index contributed by atoms with van der Waals surface area (Å²) in [4.78, 5) is 23.4. The maximum atomic E-state index is 4.44. The second-order valence-electron chi connectivity index (χ2n) is 2.66. The third-order valence-corrected chi connectivity index (χ3v) is 1.64. The van der Waals surface area contributed by atoms with Gasteiger partial charge in [0.15, 0.2) is 5.65 Å². The molecule has 2 aromatic heterocycles. The fourth-order valence-corrected chi connectivity index (χ4v) is 0.985. The Hall–Kier alpha value is -1.53. The van der Waals surface area contributed by atoms with Crippen LogP contribution in [0.2, 0.25) is 0 Å². The fourth-order valence-electron chi connectivity index (χ4n) is 0.985. The normalized spacial score (nSPS) is 15.1.